The summed E-state index contributed by atoms with van der Waals surface area (Å²) in [7, 11) is 0. The predicted octanol–water partition coefficient (Wildman–Crippen LogP) is 5.38. The van der Waals surface area contributed by atoms with Crippen molar-refractivity contribution in [2.45, 2.75) is 56.5 Å². The van der Waals surface area contributed by atoms with E-state index in [1.54, 1.807) is 12.1 Å². The summed E-state index contributed by atoms with van der Waals surface area (Å²) in [5.41, 5.74) is 6.86. The molecule has 5 heterocycles. The maximum atomic E-state index is 13.6. The van der Waals surface area contributed by atoms with Crippen LogP contribution >= 0.6 is 0 Å². The van der Waals surface area contributed by atoms with Gasteiger partial charge in [0.1, 0.15) is 24.1 Å². The van der Waals surface area contributed by atoms with Gasteiger partial charge in [0.15, 0.2) is 5.65 Å². The van der Waals surface area contributed by atoms with Gasteiger partial charge in [0.25, 0.3) is 0 Å². The molecule has 0 radical (unpaired) electrons. The molecule has 53 heavy (non-hydrogen) atoms. The lowest BCUT2D eigenvalue weighted by molar-refractivity contribution is -0.134. The van der Waals surface area contributed by atoms with Crippen molar-refractivity contribution in [3.63, 3.8) is 0 Å². The highest BCUT2D eigenvalue weighted by atomic mass is 16.5. The number of piperidine rings is 1. The molecule has 4 aliphatic rings. The van der Waals surface area contributed by atoms with Crippen molar-refractivity contribution >= 4 is 40.1 Å². The molecular formula is C41H41N7O5. The monoisotopic (exact) mass is 711 g/mol. The van der Waals surface area contributed by atoms with Gasteiger partial charge < -0.3 is 24.6 Å². The third kappa shape index (κ3) is 6.16. The standard InChI is InChI=1S/C41H41N7O5/c49-36-7-2-1-4-30(36)33-22-31-32(23-42-40(31)45-44-33)26-10-14-28(15-11-26)47-19-18-46(24-38(47)51)27-12-8-25(9-13-27)29-5-3-6-34-39(29)53-21-20-48(34)35-16-17-37(50)43-41(35)52/h1-7,10-11,14-15,22-23,25,27,35,49H,8-9,12-13,16-21,24H2,(H,42,45)(H,43,50,52). The van der Waals surface area contributed by atoms with Crippen LogP contribution in [-0.4, -0.2) is 87.8 Å². The number of para-hydroxylation sites is 2. The number of aromatic amines is 1. The number of H-pyrrole nitrogens is 1. The van der Waals surface area contributed by atoms with Crippen LogP contribution in [0.5, 0.6) is 11.5 Å². The average molecular weight is 712 g/mol. The number of nitrogens with zero attached hydrogens (tertiary/aromatic N) is 5. The van der Waals surface area contributed by atoms with Crippen LogP contribution in [0.15, 0.2) is 79.0 Å². The Morgan fingerprint density at radius 2 is 1.66 bits per heavy atom. The van der Waals surface area contributed by atoms with Crippen molar-refractivity contribution in [2.75, 3.05) is 42.6 Å². The number of hydrogen-bond acceptors (Lipinski definition) is 9. The number of aromatic hydroxyl groups is 1. The van der Waals surface area contributed by atoms with Gasteiger partial charge in [-0.05, 0) is 85.5 Å². The molecule has 12 heteroatoms. The zero-order chi connectivity index (χ0) is 36.1. The Bertz CT molecular complexity index is 2210. The van der Waals surface area contributed by atoms with E-state index in [2.05, 4.69) is 42.4 Å². The number of anilines is 2. The minimum Gasteiger partial charge on any atom is -0.507 e. The molecule has 2 saturated heterocycles. The van der Waals surface area contributed by atoms with Crippen LogP contribution in [0.3, 0.4) is 0 Å². The van der Waals surface area contributed by atoms with E-state index in [0.717, 1.165) is 65.9 Å². The van der Waals surface area contributed by atoms with E-state index in [1.807, 2.05) is 59.6 Å². The van der Waals surface area contributed by atoms with Crippen molar-refractivity contribution in [1.82, 2.24) is 25.4 Å². The Morgan fingerprint density at radius 1 is 0.830 bits per heavy atom. The molecule has 270 valence electrons. The normalized spacial score (nSPS) is 22.4. The van der Waals surface area contributed by atoms with Crippen molar-refractivity contribution in [2.24, 2.45) is 0 Å². The zero-order valence-electron chi connectivity index (χ0n) is 29.3. The molecule has 2 aromatic heterocycles. The van der Waals surface area contributed by atoms with E-state index in [4.69, 9.17) is 4.74 Å². The number of piperazine rings is 1. The minimum atomic E-state index is -0.365. The Kier molecular flexibility index (Phi) is 8.54. The Balaban J connectivity index is 0.836. The summed E-state index contributed by atoms with van der Waals surface area (Å²) in [6.07, 6.45) is 6.81. The molecule has 0 bridgehead atoms. The van der Waals surface area contributed by atoms with Crippen LogP contribution in [-0.2, 0) is 14.4 Å². The lowest BCUT2D eigenvalue weighted by atomic mass is 9.80. The number of rotatable bonds is 6. The largest absolute Gasteiger partial charge is 0.507 e. The number of amides is 3. The summed E-state index contributed by atoms with van der Waals surface area (Å²) in [6.45, 7) is 2.98. The second-order valence-corrected chi connectivity index (χ2v) is 14.5. The van der Waals surface area contributed by atoms with E-state index < -0.39 is 0 Å². The first kappa shape index (κ1) is 33.1. The van der Waals surface area contributed by atoms with Crippen LogP contribution in [0.25, 0.3) is 33.4 Å². The fourth-order valence-corrected chi connectivity index (χ4v) is 8.75. The van der Waals surface area contributed by atoms with Gasteiger partial charge >= 0.3 is 0 Å². The van der Waals surface area contributed by atoms with Gasteiger partial charge in [-0.3, -0.25) is 24.6 Å². The molecule has 1 saturated carbocycles. The molecule has 12 nitrogen and oxygen atoms in total. The zero-order valence-corrected chi connectivity index (χ0v) is 29.3. The van der Waals surface area contributed by atoms with Gasteiger partial charge in [-0.15, -0.1) is 10.2 Å². The minimum absolute atomic E-state index is 0.111. The first-order chi connectivity index (χ1) is 25.9. The Hall–Kier alpha value is -5.75. The van der Waals surface area contributed by atoms with Gasteiger partial charge in [0.05, 0.1) is 24.5 Å². The van der Waals surface area contributed by atoms with Crippen molar-refractivity contribution < 1.29 is 24.2 Å². The average Bonchev–Trinajstić information content (AvgIpc) is 3.61. The van der Waals surface area contributed by atoms with Gasteiger partial charge in [-0.25, -0.2) is 0 Å². The molecule has 3 amide bonds. The summed E-state index contributed by atoms with van der Waals surface area (Å²) in [5.74, 6) is 1.05. The van der Waals surface area contributed by atoms with Crippen LogP contribution in [0.4, 0.5) is 11.4 Å². The molecule has 3 N–H and O–H groups in total. The molecule has 1 unspecified atom stereocenters. The first-order valence-electron chi connectivity index (χ1n) is 18.6. The van der Waals surface area contributed by atoms with Crippen LogP contribution in [0.2, 0.25) is 0 Å². The smallest absolute Gasteiger partial charge is 0.249 e. The predicted molar refractivity (Wildman–Crippen MR) is 201 cm³/mol. The third-order valence-electron chi connectivity index (χ3n) is 11.5. The summed E-state index contributed by atoms with van der Waals surface area (Å²) >= 11 is 0. The molecule has 3 aliphatic heterocycles. The molecule has 3 aromatic carbocycles. The molecule has 0 spiro atoms. The van der Waals surface area contributed by atoms with E-state index in [0.29, 0.717) is 67.9 Å². The fraction of sp³-hybridized carbons (Fsp3) is 0.341. The number of hydrogen-bond donors (Lipinski definition) is 3. The van der Waals surface area contributed by atoms with Crippen molar-refractivity contribution in [3.05, 3.63) is 84.6 Å². The lowest BCUT2D eigenvalue weighted by Gasteiger charge is -2.42. The second kappa shape index (κ2) is 13.7. The van der Waals surface area contributed by atoms with Gasteiger partial charge in [-0.1, -0.05) is 36.4 Å². The number of benzene rings is 3. The second-order valence-electron chi connectivity index (χ2n) is 14.5. The molecular weight excluding hydrogens is 670 g/mol. The highest BCUT2D eigenvalue weighted by molar-refractivity contribution is 6.02. The number of carbonyl (C=O) groups is 3. The number of ether oxygens (including phenoxy) is 1. The topological polar surface area (TPSA) is 144 Å². The number of imide groups is 1. The number of phenols is 1. The van der Waals surface area contributed by atoms with E-state index in [9.17, 15) is 19.5 Å². The van der Waals surface area contributed by atoms with Gasteiger partial charge in [0, 0.05) is 53.9 Å². The maximum absolute atomic E-state index is 13.6. The highest BCUT2D eigenvalue weighted by Gasteiger charge is 2.37. The number of carbonyl (C=O) groups excluding carboxylic acids is 3. The summed E-state index contributed by atoms with van der Waals surface area (Å²) in [5, 5.41) is 22.4. The number of fused-ring (bicyclic) bond motifs is 2. The fourth-order valence-electron chi connectivity index (χ4n) is 8.75. The summed E-state index contributed by atoms with van der Waals surface area (Å²) < 4.78 is 6.25. The molecule has 1 aliphatic carbocycles. The van der Waals surface area contributed by atoms with Gasteiger partial charge in [0.2, 0.25) is 17.7 Å². The van der Waals surface area contributed by atoms with Crippen LogP contribution in [0.1, 0.15) is 50.0 Å². The SMILES string of the molecule is O=C1CCC(N2CCOc3c(C4CCC(N5CCN(c6ccc(-c7c[nH]c8nnc(-c9ccccc9O)cc78)cc6)C(=O)C5)CC4)cccc32)C(=O)N1. The lowest BCUT2D eigenvalue weighted by Crippen LogP contribution is -2.54. The first-order valence-corrected chi connectivity index (χ1v) is 18.6. The van der Waals surface area contributed by atoms with Crippen LogP contribution in [0, 0.1) is 0 Å². The van der Waals surface area contributed by atoms with E-state index in [1.165, 1.54) is 5.56 Å². The Morgan fingerprint density at radius 3 is 2.45 bits per heavy atom. The van der Waals surface area contributed by atoms with Crippen molar-refractivity contribution in [3.8, 4) is 33.9 Å². The van der Waals surface area contributed by atoms with E-state index in [-0.39, 0.29) is 29.5 Å². The number of aromatic nitrogens is 3. The quantitative estimate of drug-likeness (QED) is 0.198. The maximum Gasteiger partial charge on any atom is 0.249 e. The summed E-state index contributed by atoms with van der Waals surface area (Å²) in [6, 6.07) is 23.4. The number of nitrogens with one attached hydrogen (secondary N) is 2. The Labute approximate surface area is 306 Å². The highest BCUT2D eigenvalue weighted by Crippen LogP contribution is 2.45. The molecule has 5 aromatic rings. The van der Waals surface area contributed by atoms with Crippen molar-refractivity contribution in [1.29, 1.82) is 0 Å². The molecule has 1 atom stereocenters. The number of phenolic OH excluding ortho intramolecular Hbond substituents is 1. The van der Waals surface area contributed by atoms with Gasteiger partial charge in [-0.2, -0.15) is 0 Å². The third-order valence-corrected chi connectivity index (χ3v) is 11.5. The molecule has 9 rings (SSSR count). The van der Waals surface area contributed by atoms with E-state index >= 15 is 0 Å². The van der Waals surface area contributed by atoms with Crippen LogP contribution < -0.4 is 19.9 Å². The molecule has 3 fully saturated rings. The summed E-state index contributed by atoms with van der Waals surface area (Å²) in [4.78, 5) is 47.6.